The van der Waals surface area contributed by atoms with Crippen molar-refractivity contribution < 1.29 is 27.5 Å². The molecule has 8 nitrogen and oxygen atoms in total. The third-order valence-electron chi connectivity index (χ3n) is 7.96. The molecule has 1 spiro atoms. The lowest BCUT2D eigenvalue weighted by Crippen LogP contribution is -2.78. The second kappa shape index (κ2) is 8.47. The Bertz CT molecular complexity index is 1200. The van der Waals surface area contributed by atoms with Crippen LogP contribution in [-0.2, 0) is 10.9 Å². The van der Waals surface area contributed by atoms with E-state index in [2.05, 4.69) is 15.2 Å². The lowest BCUT2D eigenvalue weighted by Gasteiger charge is -2.62. The molecule has 4 fully saturated rings. The summed E-state index contributed by atoms with van der Waals surface area (Å²) in [6.07, 6.45) is -0.480. The zero-order chi connectivity index (χ0) is 25.2. The highest BCUT2D eigenvalue weighted by Crippen LogP contribution is 2.46. The van der Waals surface area contributed by atoms with Gasteiger partial charge in [0.2, 0.25) is 0 Å². The van der Waals surface area contributed by atoms with Crippen LogP contribution >= 0.6 is 11.3 Å². The molecular weight excluding hydrogens is 495 g/mol. The summed E-state index contributed by atoms with van der Waals surface area (Å²) in [5, 5.41) is 3.87. The Morgan fingerprint density at radius 3 is 2.47 bits per heavy atom. The summed E-state index contributed by atoms with van der Waals surface area (Å²) < 4.78 is 47.2. The third kappa shape index (κ3) is 3.98. The van der Waals surface area contributed by atoms with Gasteiger partial charge in [0.05, 0.1) is 26.9 Å². The van der Waals surface area contributed by atoms with Crippen LogP contribution in [0.3, 0.4) is 0 Å². The number of pyridine rings is 1. The first kappa shape index (κ1) is 23.8. The lowest BCUT2D eigenvalue weighted by molar-refractivity contribution is -0.136. The van der Waals surface area contributed by atoms with E-state index in [1.807, 2.05) is 0 Å². The number of carbonyl (C=O) groups excluding carboxylic acids is 2. The molecule has 1 saturated carbocycles. The van der Waals surface area contributed by atoms with E-state index in [9.17, 15) is 22.8 Å². The van der Waals surface area contributed by atoms with Crippen molar-refractivity contribution in [3.63, 3.8) is 0 Å². The maximum atomic E-state index is 13.8. The van der Waals surface area contributed by atoms with E-state index < -0.39 is 17.6 Å². The van der Waals surface area contributed by atoms with E-state index in [-0.39, 0.29) is 39.3 Å². The smallest absolute Gasteiger partial charge is 0.417 e. The molecule has 0 aromatic carbocycles. The van der Waals surface area contributed by atoms with Gasteiger partial charge < -0.3 is 19.9 Å². The van der Waals surface area contributed by atoms with Crippen LogP contribution < -0.4 is 10.2 Å². The van der Waals surface area contributed by atoms with Crippen LogP contribution in [0.4, 0.5) is 23.8 Å². The van der Waals surface area contributed by atoms with Crippen LogP contribution in [0, 0.1) is 0 Å². The highest BCUT2D eigenvalue weighted by Gasteiger charge is 2.58. The minimum absolute atomic E-state index is 0.0484. The molecule has 3 saturated heterocycles. The number of hydrogen-bond acceptors (Lipinski definition) is 7. The van der Waals surface area contributed by atoms with Crippen molar-refractivity contribution in [2.75, 3.05) is 44.7 Å². The number of carbonyl (C=O) groups is 2. The molecule has 0 bridgehead atoms. The molecule has 5 heterocycles. The number of aromatic nitrogens is 1. The standard InChI is InChI=1S/C24H28F3N5O3S/c1-28-21(33)16-11-36-20-17(24(25,26)27)10-18(29-19(16)20)30-7-4-15(5-8-30)35-22(34)31-12-23(13-31)6-9-32(23)14-2-3-14/h10-11,14-15H,2-9,12-13H2,1H3,(H,28,33). The topological polar surface area (TPSA) is 78.0 Å². The normalized spacial score (nSPS) is 22.4. The SMILES string of the molecule is CNC(=O)c1csc2c(C(F)(F)F)cc(N3CCC(OC(=O)N4CC5(CCN5C5CC5)C4)CC3)nc12. The van der Waals surface area contributed by atoms with Crippen molar-refractivity contribution in [2.45, 2.75) is 56.0 Å². The minimum atomic E-state index is -4.57. The molecule has 36 heavy (non-hydrogen) atoms. The van der Waals surface area contributed by atoms with Gasteiger partial charge >= 0.3 is 12.3 Å². The molecule has 2 amide bonds. The molecule has 3 aliphatic heterocycles. The molecule has 2 aromatic heterocycles. The van der Waals surface area contributed by atoms with Crippen LogP contribution in [0.15, 0.2) is 11.4 Å². The fourth-order valence-electron chi connectivity index (χ4n) is 5.73. The number of alkyl halides is 3. The van der Waals surface area contributed by atoms with Gasteiger partial charge in [-0.3, -0.25) is 9.69 Å². The molecule has 0 unspecified atom stereocenters. The zero-order valence-electron chi connectivity index (χ0n) is 19.9. The van der Waals surface area contributed by atoms with Crippen LogP contribution in [0.5, 0.6) is 0 Å². The molecule has 1 aliphatic carbocycles. The number of likely N-dealkylation sites (tertiary alicyclic amines) is 2. The number of halogens is 3. The molecular formula is C24H28F3N5O3S. The number of thiophene rings is 1. The van der Waals surface area contributed by atoms with Crippen LogP contribution in [0.2, 0.25) is 0 Å². The van der Waals surface area contributed by atoms with E-state index in [4.69, 9.17) is 4.74 Å². The molecule has 0 radical (unpaired) electrons. The Morgan fingerprint density at radius 2 is 1.89 bits per heavy atom. The van der Waals surface area contributed by atoms with Gasteiger partial charge in [0.1, 0.15) is 11.9 Å². The van der Waals surface area contributed by atoms with Crippen molar-refractivity contribution in [2.24, 2.45) is 0 Å². The van der Waals surface area contributed by atoms with Crippen LogP contribution in [-0.4, -0.2) is 84.2 Å². The van der Waals surface area contributed by atoms with E-state index in [1.54, 1.807) is 9.80 Å². The maximum absolute atomic E-state index is 13.8. The molecule has 1 N–H and O–H groups in total. The Morgan fingerprint density at radius 1 is 1.17 bits per heavy atom. The number of rotatable bonds is 4. The van der Waals surface area contributed by atoms with E-state index >= 15 is 0 Å². The summed E-state index contributed by atoms with van der Waals surface area (Å²) in [6, 6.07) is 1.76. The molecule has 4 aliphatic rings. The summed E-state index contributed by atoms with van der Waals surface area (Å²) in [5.74, 6) is -0.294. The zero-order valence-corrected chi connectivity index (χ0v) is 20.8. The van der Waals surface area contributed by atoms with Gasteiger partial charge in [-0.1, -0.05) is 0 Å². The van der Waals surface area contributed by atoms with E-state index in [0.717, 1.165) is 43.5 Å². The first-order valence-corrected chi connectivity index (χ1v) is 13.3. The van der Waals surface area contributed by atoms with Gasteiger partial charge in [-0.2, -0.15) is 13.2 Å². The number of piperidine rings is 1. The van der Waals surface area contributed by atoms with Crippen LogP contribution in [0.25, 0.3) is 10.2 Å². The van der Waals surface area contributed by atoms with E-state index in [0.29, 0.717) is 32.0 Å². The number of hydrogen-bond donors (Lipinski definition) is 1. The summed E-state index contributed by atoms with van der Waals surface area (Å²) in [6.45, 7) is 3.39. The molecule has 194 valence electrons. The van der Waals surface area contributed by atoms with Gasteiger partial charge in [0.25, 0.3) is 5.91 Å². The number of anilines is 1. The van der Waals surface area contributed by atoms with Gasteiger partial charge in [0, 0.05) is 64.0 Å². The Kier molecular flexibility index (Phi) is 5.60. The summed E-state index contributed by atoms with van der Waals surface area (Å²) in [5.41, 5.74) is -0.438. The average molecular weight is 524 g/mol. The van der Waals surface area contributed by atoms with Crippen molar-refractivity contribution in [3.05, 3.63) is 22.6 Å². The van der Waals surface area contributed by atoms with Gasteiger partial charge in [-0.25, -0.2) is 9.78 Å². The Labute approximate surface area is 210 Å². The summed E-state index contributed by atoms with van der Waals surface area (Å²) in [4.78, 5) is 35.4. The monoisotopic (exact) mass is 523 g/mol. The largest absolute Gasteiger partial charge is 0.446 e. The number of ether oxygens (including phenoxy) is 1. The highest BCUT2D eigenvalue weighted by molar-refractivity contribution is 7.17. The highest BCUT2D eigenvalue weighted by atomic mass is 32.1. The molecule has 2 aromatic rings. The second-order valence-corrected chi connectivity index (χ2v) is 11.1. The molecule has 0 atom stereocenters. The minimum Gasteiger partial charge on any atom is -0.446 e. The first-order chi connectivity index (χ1) is 17.2. The van der Waals surface area contributed by atoms with Crippen molar-refractivity contribution in [3.8, 4) is 0 Å². The number of nitrogens with one attached hydrogen (secondary N) is 1. The molecule has 6 rings (SSSR count). The van der Waals surface area contributed by atoms with Crippen molar-refractivity contribution in [1.82, 2.24) is 20.1 Å². The number of fused-ring (bicyclic) bond motifs is 1. The summed E-state index contributed by atoms with van der Waals surface area (Å²) >= 11 is 0.868. The molecule has 12 heteroatoms. The maximum Gasteiger partial charge on any atom is 0.417 e. The van der Waals surface area contributed by atoms with Crippen molar-refractivity contribution in [1.29, 1.82) is 0 Å². The predicted octanol–water partition coefficient (Wildman–Crippen LogP) is 3.70. The number of nitrogens with zero attached hydrogens (tertiary/aromatic N) is 4. The fourth-order valence-corrected chi connectivity index (χ4v) is 6.75. The average Bonchev–Trinajstić information content (AvgIpc) is 3.52. The quantitative estimate of drug-likeness (QED) is 0.659. The number of amides is 2. The predicted molar refractivity (Wildman–Crippen MR) is 128 cm³/mol. The van der Waals surface area contributed by atoms with Gasteiger partial charge in [-0.15, -0.1) is 11.3 Å². The summed E-state index contributed by atoms with van der Waals surface area (Å²) in [7, 11) is 1.43. The van der Waals surface area contributed by atoms with Gasteiger partial charge in [-0.05, 0) is 25.3 Å². The first-order valence-electron chi connectivity index (χ1n) is 12.4. The van der Waals surface area contributed by atoms with Crippen LogP contribution in [0.1, 0.15) is 48.0 Å². The fraction of sp³-hybridized carbons (Fsp3) is 0.625. The van der Waals surface area contributed by atoms with Gasteiger partial charge in [0.15, 0.2) is 0 Å². The van der Waals surface area contributed by atoms with Crippen molar-refractivity contribution >= 4 is 39.4 Å². The lowest BCUT2D eigenvalue weighted by atomic mass is 9.77. The van der Waals surface area contributed by atoms with E-state index in [1.165, 1.54) is 25.3 Å². The second-order valence-electron chi connectivity index (χ2n) is 10.3. The Hall–Kier alpha value is -2.60. The Balaban J connectivity index is 1.10. The third-order valence-corrected chi connectivity index (χ3v) is 8.97.